The number of hydrogen-bond acceptors (Lipinski definition) is 2. The molecule has 1 aliphatic rings. The zero-order chi connectivity index (χ0) is 8.53. The first kappa shape index (κ1) is 11.0. The van der Waals surface area contributed by atoms with Crippen LogP contribution in [0.5, 0.6) is 0 Å². The fourth-order valence-electron chi connectivity index (χ4n) is 0.854. The Morgan fingerprint density at radius 2 is 2.00 bits per heavy atom. The summed E-state index contributed by atoms with van der Waals surface area (Å²) in [4.78, 5) is 0. The molecule has 0 radical (unpaired) electrons. The van der Waals surface area contributed by atoms with Crippen LogP contribution in [0.25, 0.3) is 0 Å². The van der Waals surface area contributed by atoms with Gasteiger partial charge in [0.1, 0.15) is 0 Å². The molecule has 0 saturated carbocycles. The molecule has 0 aliphatic carbocycles. The van der Waals surface area contributed by atoms with Crippen LogP contribution in [0, 0.1) is 5.41 Å². The van der Waals surface area contributed by atoms with Crippen molar-refractivity contribution in [2.24, 2.45) is 0 Å². The monoisotopic (exact) mass is 173 g/mol. The Bertz CT molecular complexity index is 91.7. The highest BCUT2D eigenvalue weighted by Gasteiger charge is 2.04. The van der Waals surface area contributed by atoms with E-state index >= 15 is 0 Å². The first-order valence-electron chi connectivity index (χ1n) is 4.51. The molecule has 1 N–H and O–H groups in total. The van der Waals surface area contributed by atoms with E-state index in [1.54, 1.807) is 11.8 Å². The van der Waals surface area contributed by atoms with Crippen LogP contribution in [-0.4, -0.2) is 10.8 Å². The normalized spacial score (nSPS) is 16.0. The summed E-state index contributed by atoms with van der Waals surface area (Å²) < 4.78 is 0. The van der Waals surface area contributed by atoms with Gasteiger partial charge < -0.3 is 0 Å². The van der Waals surface area contributed by atoms with E-state index < -0.39 is 0 Å². The number of hydrogen-bond donors (Lipinski definition) is 1. The largest absolute Gasteiger partial charge is 0.298 e. The second-order valence-electron chi connectivity index (χ2n) is 2.73. The van der Waals surface area contributed by atoms with Crippen LogP contribution in [0.2, 0.25) is 0 Å². The molecular weight excluding hydrogens is 154 g/mol. The van der Waals surface area contributed by atoms with Gasteiger partial charge in [-0.15, -0.1) is 11.8 Å². The van der Waals surface area contributed by atoms with E-state index in [1.807, 2.05) is 0 Å². The third-order valence-electron chi connectivity index (χ3n) is 1.53. The lowest BCUT2D eigenvalue weighted by molar-refractivity contribution is 0.772. The second-order valence-corrected chi connectivity index (χ2v) is 3.92. The number of rotatable bonds is 2. The summed E-state index contributed by atoms with van der Waals surface area (Å²) in [6.45, 7) is 4.42. The summed E-state index contributed by atoms with van der Waals surface area (Å²) in [7, 11) is 0. The first-order valence-corrected chi connectivity index (χ1v) is 5.50. The van der Waals surface area contributed by atoms with Crippen molar-refractivity contribution in [2.45, 2.75) is 46.0 Å². The van der Waals surface area contributed by atoms with Gasteiger partial charge in [0, 0.05) is 0 Å². The van der Waals surface area contributed by atoms with Gasteiger partial charge in [-0.05, 0) is 18.6 Å². The molecule has 66 valence electrons. The van der Waals surface area contributed by atoms with Crippen molar-refractivity contribution in [3.05, 3.63) is 0 Å². The number of unbranched alkanes of at least 4 members (excludes halogenated alkanes) is 2. The quantitative estimate of drug-likeness (QED) is 0.676. The van der Waals surface area contributed by atoms with Crippen molar-refractivity contribution >= 4 is 16.8 Å². The molecule has 1 rings (SSSR count). The van der Waals surface area contributed by atoms with Gasteiger partial charge in [-0.2, -0.15) is 0 Å². The van der Waals surface area contributed by atoms with Crippen LogP contribution in [-0.2, 0) is 0 Å². The van der Waals surface area contributed by atoms with Crippen LogP contribution in [0.15, 0.2) is 0 Å². The molecule has 0 spiro atoms. The maximum atomic E-state index is 7.01. The van der Waals surface area contributed by atoms with E-state index in [2.05, 4.69) is 13.8 Å². The van der Waals surface area contributed by atoms with Crippen LogP contribution >= 0.6 is 11.8 Å². The highest BCUT2D eigenvalue weighted by atomic mass is 32.2. The van der Waals surface area contributed by atoms with Gasteiger partial charge in [0.15, 0.2) is 0 Å². The van der Waals surface area contributed by atoms with Gasteiger partial charge in [-0.25, -0.2) is 0 Å². The molecule has 0 aromatic carbocycles. The summed E-state index contributed by atoms with van der Waals surface area (Å²) in [5.74, 6) is 1.18. The predicted octanol–water partition coefficient (Wildman–Crippen LogP) is 3.69. The van der Waals surface area contributed by atoms with Crippen molar-refractivity contribution in [1.82, 2.24) is 0 Å². The Morgan fingerprint density at radius 1 is 1.36 bits per heavy atom. The molecule has 0 unspecified atom stereocenters. The van der Waals surface area contributed by atoms with Gasteiger partial charge >= 0.3 is 0 Å². The maximum absolute atomic E-state index is 7.01. The molecule has 0 amide bonds. The third-order valence-corrected chi connectivity index (χ3v) is 2.58. The zero-order valence-corrected chi connectivity index (χ0v) is 8.47. The maximum Gasteiger partial charge on any atom is 0.0641 e. The van der Waals surface area contributed by atoms with E-state index in [-0.39, 0.29) is 0 Å². The Hall–Kier alpha value is 0.0200. The van der Waals surface area contributed by atoms with Crippen molar-refractivity contribution < 1.29 is 0 Å². The van der Waals surface area contributed by atoms with Gasteiger partial charge in [-0.3, -0.25) is 5.41 Å². The average molecular weight is 173 g/mol. The van der Waals surface area contributed by atoms with Crippen LogP contribution in [0.3, 0.4) is 0 Å². The highest BCUT2D eigenvalue weighted by molar-refractivity contribution is 8.14. The summed E-state index contributed by atoms with van der Waals surface area (Å²) in [5, 5.41) is 7.88. The lowest BCUT2D eigenvalue weighted by Gasteiger charge is -1.79. The molecule has 1 nitrogen and oxygen atoms in total. The lowest BCUT2D eigenvalue weighted by Crippen LogP contribution is -1.73. The van der Waals surface area contributed by atoms with E-state index in [4.69, 9.17) is 5.41 Å². The SMILES string of the molecule is CCCCC.N=C1CCCS1. The van der Waals surface area contributed by atoms with Crippen molar-refractivity contribution in [1.29, 1.82) is 5.41 Å². The van der Waals surface area contributed by atoms with Gasteiger partial charge in [0.25, 0.3) is 0 Å². The van der Waals surface area contributed by atoms with Crippen molar-refractivity contribution in [3.8, 4) is 0 Å². The van der Waals surface area contributed by atoms with Gasteiger partial charge in [0.2, 0.25) is 0 Å². The molecule has 0 aromatic heterocycles. The van der Waals surface area contributed by atoms with Crippen molar-refractivity contribution in [3.63, 3.8) is 0 Å². The zero-order valence-electron chi connectivity index (χ0n) is 7.65. The second kappa shape index (κ2) is 8.12. The fourth-order valence-corrected chi connectivity index (χ4v) is 1.68. The van der Waals surface area contributed by atoms with E-state index in [0.717, 1.165) is 11.5 Å². The molecule has 1 aliphatic heterocycles. The van der Waals surface area contributed by atoms with E-state index in [9.17, 15) is 0 Å². The molecule has 11 heavy (non-hydrogen) atoms. The summed E-state index contributed by atoms with van der Waals surface area (Å²) in [6.07, 6.45) is 6.33. The topological polar surface area (TPSA) is 23.9 Å². The minimum absolute atomic E-state index is 0.870. The molecule has 0 bridgehead atoms. The summed E-state index contributed by atoms with van der Waals surface area (Å²) in [6, 6.07) is 0. The standard InChI is InChI=1S/C5H12.C4H7NS/c1-3-5-4-2;5-4-2-1-3-6-4/h3-5H2,1-2H3;5H,1-3H2. The minimum Gasteiger partial charge on any atom is -0.298 e. The summed E-state index contributed by atoms with van der Waals surface area (Å²) in [5.41, 5.74) is 0. The molecule has 2 heteroatoms. The van der Waals surface area contributed by atoms with Crippen molar-refractivity contribution in [2.75, 3.05) is 5.75 Å². The van der Waals surface area contributed by atoms with Crippen LogP contribution in [0.4, 0.5) is 0 Å². The lowest BCUT2D eigenvalue weighted by atomic mass is 10.3. The summed E-state index contributed by atoms with van der Waals surface area (Å²) >= 11 is 1.68. The Kier molecular flexibility index (Phi) is 8.13. The molecular formula is C9H19NS. The Labute approximate surface area is 74.5 Å². The first-order chi connectivity index (χ1) is 5.31. The molecule has 0 aromatic rings. The number of nitrogens with one attached hydrogen (secondary N) is 1. The molecule has 1 heterocycles. The molecule has 0 atom stereocenters. The van der Waals surface area contributed by atoms with E-state index in [1.165, 1.54) is 31.4 Å². The van der Waals surface area contributed by atoms with Crippen LogP contribution in [0.1, 0.15) is 46.0 Å². The number of thioether (sulfide) groups is 1. The molecule has 1 saturated heterocycles. The minimum atomic E-state index is 0.870. The third kappa shape index (κ3) is 7.92. The van der Waals surface area contributed by atoms with Gasteiger partial charge in [0.05, 0.1) is 5.04 Å². The van der Waals surface area contributed by atoms with E-state index in [0.29, 0.717) is 0 Å². The molecule has 1 fully saturated rings. The van der Waals surface area contributed by atoms with Gasteiger partial charge in [-0.1, -0.05) is 33.1 Å². The Balaban J connectivity index is 0.000000187. The van der Waals surface area contributed by atoms with Crippen LogP contribution < -0.4 is 0 Å². The predicted molar refractivity (Wildman–Crippen MR) is 54.6 cm³/mol. The fraction of sp³-hybridized carbons (Fsp3) is 0.889. The Morgan fingerprint density at radius 3 is 2.09 bits per heavy atom. The average Bonchev–Trinajstić information content (AvgIpc) is 2.43. The highest BCUT2D eigenvalue weighted by Crippen LogP contribution is 2.17. The smallest absolute Gasteiger partial charge is 0.0641 e.